The van der Waals surface area contributed by atoms with Gasteiger partial charge in [-0.3, -0.25) is 4.99 Å². The number of terminal acetylenes is 1. The van der Waals surface area contributed by atoms with Gasteiger partial charge in [0.05, 0.1) is 38.7 Å². The molecular weight excluding hydrogens is 516 g/mol. The minimum Gasteiger partial charge on any atom is -0.491 e. The van der Waals surface area contributed by atoms with Gasteiger partial charge in [0, 0.05) is 36.0 Å². The Kier molecular flexibility index (Phi) is 11.6. The van der Waals surface area contributed by atoms with Crippen LogP contribution in [-0.2, 0) is 20.8 Å². The number of nitrogens with zero attached hydrogens (tertiary/aromatic N) is 2. The highest BCUT2D eigenvalue weighted by Gasteiger charge is 2.23. The molecule has 0 spiro atoms. The van der Waals surface area contributed by atoms with Crippen molar-refractivity contribution in [3.05, 3.63) is 89.0 Å². The van der Waals surface area contributed by atoms with Crippen LogP contribution in [-0.4, -0.2) is 65.7 Å². The zero-order valence-electron chi connectivity index (χ0n) is 24.3. The lowest BCUT2D eigenvalue weighted by atomic mass is 9.95. The first-order valence-corrected chi connectivity index (χ1v) is 14.1. The van der Waals surface area contributed by atoms with Crippen molar-refractivity contribution in [1.29, 1.82) is 0 Å². The third kappa shape index (κ3) is 8.58. The molecule has 0 saturated heterocycles. The number of methoxy groups -OCH3 is 1. The summed E-state index contributed by atoms with van der Waals surface area (Å²) in [5.74, 6) is 4.58. The van der Waals surface area contributed by atoms with E-state index in [1.165, 1.54) is 5.56 Å². The second-order valence-electron chi connectivity index (χ2n) is 9.97. The number of hydrogen-bond acceptors (Lipinski definition) is 7. The number of para-hydroxylation sites is 1. The van der Waals surface area contributed by atoms with Crippen molar-refractivity contribution in [2.75, 3.05) is 64.9 Å². The van der Waals surface area contributed by atoms with Gasteiger partial charge in [0.15, 0.2) is 0 Å². The quantitative estimate of drug-likeness (QED) is 0.167. The minimum absolute atomic E-state index is 0.216. The molecular formula is C34H40N2O5. The molecule has 0 radical (unpaired) electrons. The van der Waals surface area contributed by atoms with Crippen molar-refractivity contribution in [1.82, 2.24) is 0 Å². The average molecular weight is 557 g/mol. The molecule has 1 aliphatic rings. The van der Waals surface area contributed by atoms with E-state index in [4.69, 9.17) is 35.1 Å². The molecule has 0 unspecified atom stereocenters. The fourth-order valence-electron chi connectivity index (χ4n) is 4.58. The number of fused-ring (bicyclic) bond motifs is 1. The van der Waals surface area contributed by atoms with E-state index >= 15 is 0 Å². The first kappa shape index (κ1) is 30.1. The maximum atomic E-state index is 6.11. The highest BCUT2D eigenvalue weighted by atomic mass is 16.6. The van der Waals surface area contributed by atoms with E-state index in [-0.39, 0.29) is 6.61 Å². The fourth-order valence-corrected chi connectivity index (χ4v) is 4.58. The molecule has 0 atom stereocenters. The van der Waals surface area contributed by atoms with Crippen LogP contribution in [0.5, 0.6) is 11.5 Å². The molecule has 216 valence electrons. The van der Waals surface area contributed by atoms with Crippen molar-refractivity contribution in [2.45, 2.75) is 26.3 Å². The Balaban J connectivity index is 1.46. The molecule has 0 N–H and O–H groups in total. The van der Waals surface area contributed by atoms with Gasteiger partial charge in [-0.2, -0.15) is 0 Å². The molecule has 0 bridgehead atoms. The lowest BCUT2D eigenvalue weighted by Gasteiger charge is -2.31. The van der Waals surface area contributed by atoms with E-state index in [2.05, 4.69) is 61.1 Å². The van der Waals surface area contributed by atoms with Gasteiger partial charge < -0.3 is 28.6 Å². The number of ether oxygens (including phenoxy) is 5. The molecule has 4 rings (SSSR count). The van der Waals surface area contributed by atoms with E-state index in [0.717, 1.165) is 39.6 Å². The third-order valence-electron chi connectivity index (χ3n) is 6.76. The summed E-state index contributed by atoms with van der Waals surface area (Å²) in [4.78, 5) is 7.29. The van der Waals surface area contributed by atoms with Crippen molar-refractivity contribution < 1.29 is 23.7 Å². The van der Waals surface area contributed by atoms with Gasteiger partial charge in [0.25, 0.3) is 0 Å². The summed E-state index contributed by atoms with van der Waals surface area (Å²) in [6.45, 7) is 8.93. The van der Waals surface area contributed by atoms with Gasteiger partial charge >= 0.3 is 0 Å². The lowest BCUT2D eigenvalue weighted by molar-refractivity contribution is 0.0179. The molecule has 41 heavy (non-hydrogen) atoms. The third-order valence-corrected chi connectivity index (χ3v) is 6.76. The number of aliphatic imine (C=N–C) groups is 1. The summed E-state index contributed by atoms with van der Waals surface area (Å²) in [7, 11) is 1.66. The van der Waals surface area contributed by atoms with E-state index in [1.54, 1.807) is 7.11 Å². The summed E-state index contributed by atoms with van der Waals surface area (Å²) in [6, 6.07) is 22.9. The standard InChI is InChI=1S/C34H40N2O5/c1-5-16-40-30-14-15-32-31(23-30)34(28-12-10-27(11-13-28)26(2)3)35-25-36(32)24-29-8-6-7-9-33(29)41-22-21-39-20-19-38-18-17-37-4/h1,6-15,23,26H,16-22,24-25H2,2-4H3. The first-order valence-electron chi connectivity index (χ1n) is 14.1. The maximum Gasteiger partial charge on any atom is 0.148 e. The van der Waals surface area contributed by atoms with Crippen LogP contribution in [0.15, 0.2) is 71.7 Å². The predicted molar refractivity (Wildman–Crippen MR) is 163 cm³/mol. The van der Waals surface area contributed by atoms with Crippen molar-refractivity contribution >= 4 is 11.4 Å². The molecule has 3 aromatic carbocycles. The summed E-state index contributed by atoms with van der Waals surface area (Å²) >= 11 is 0. The fraction of sp³-hybridized carbons (Fsp3) is 0.382. The molecule has 3 aromatic rings. The van der Waals surface area contributed by atoms with Gasteiger partial charge in [-0.15, -0.1) is 6.42 Å². The first-order chi connectivity index (χ1) is 20.1. The van der Waals surface area contributed by atoms with Gasteiger partial charge in [-0.05, 0) is 35.7 Å². The highest BCUT2D eigenvalue weighted by molar-refractivity contribution is 6.17. The van der Waals surface area contributed by atoms with Crippen molar-refractivity contribution in [2.24, 2.45) is 4.99 Å². The summed E-state index contributed by atoms with van der Waals surface area (Å²) in [6.07, 6.45) is 5.44. The average Bonchev–Trinajstić information content (AvgIpc) is 3.00. The van der Waals surface area contributed by atoms with Crippen LogP contribution in [0.2, 0.25) is 0 Å². The zero-order valence-corrected chi connectivity index (χ0v) is 24.3. The summed E-state index contributed by atoms with van der Waals surface area (Å²) in [5, 5.41) is 0. The second-order valence-corrected chi connectivity index (χ2v) is 9.97. The molecule has 0 saturated carbocycles. The van der Waals surface area contributed by atoms with Crippen LogP contribution >= 0.6 is 0 Å². The molecule has 0 fully saturated rings. The van der Waals surface area contributed by atoms with Gasteiger partial charge in [0.1, 0.15) is 31.4 Å². The van der Waals surface area contributed by atoms with Crippen LogP contribution in [0.3, 0.4) is 0 Å². The smallest absolute Gasteiger partial charge is 0.148 e. The predicted octanol–water partition coefficient (Wildman–Crippen LogP) is 5.70. The molecule has 0 aliphatic carbocycles. The maximum absolute atomic E-state index is 6.11. The number of benzene rings is 3. The van der Waals surface area contributed by atoms with E-state index in [0.29, 0.717) is 58.8 Å². The van der Waals surface area contributed by atoms with Crippen LogP contribution < -0.4 is 14.4 Å². The van der Waals surface area contributed by atoms with Gasteiger partial charge in [-0.25, -0.2) is 0 Å². The Morgan fingerprint density at radius 3 is 2.34 bits per heavy atom. The van der Waals surface area contributed by atoms with Crippen LogP contribution in [0, 0.1) is 12.3 Å². The van der Waals surface area contributed by atoms with Gasteiger partial charge in [-0.1, -0.05) is 62.2 Å². The largest absolute Gasteiger partial charge is 0.491 e. The molecule has 0 aromatic heterocycles. The molecule has 0 amide bonds. The van der Waals surface area contributed by atoms with Crippen LogP contribution in [0.1, 0.15) is 42.0 Å². The minimum atomic E-state index is 0.216. The topological polar surface area (TPSA) is 61.8 Å². The normalized spacial score (nSPS) is 12.6. The SMILES string of the molecule is C#CCOc1ccc2c(c1)C(c1ccc(C(C)C)cc1)=NCN2Cc1ccccc1OCCOCCOCCOC. The van der Waals surface area contributed by atoms with Crippen LogP contribution in [0.4, 0.5) is 5.69 Å². The van der Waals surface area contributed by atoms with Crippen molar-refractivity contribution in [3.63, 3.8) is 0 Å². The Hall–Kier alpha value is -3.83. The van der Waals surface area contributed by atoms with E-state index in [1.807, 2.05) is 30.3 Å². The Morgan fingerprint density at radius 2 is 1.61 bits per heavy atom. The van der Waals surface area contributed by atoms with Crippen molar-refractivity contribution in [3.8, 4) is 23.8 Å². The molecule has 7 heteroatoms. The molecule has 1 aliphatic heterocycles. The van der Waals surface area contributed by atoms with E-state index < -0.39 is 0 Å². The Morgan fingerprint density at radius 1 is 0.878 bits per heavy atom. The highest BCUT2D eigenvalue weighted by Crippen LogP contribution is 2.34. The summed E-state index contributed by atoms with van der Waals surface area (Å²) in [5.41, 5.74) is 6.51. The molecule has 1 heterocycles. The number of anilines is 1. The van der Waals surface area contributed by atoms with Gasteiger partial charge in [0.2, 0.25) is 0 Å². The second kappa shape index (κ2) is 15.8. The van der Waals surface area contributed by atoms with E-state index in [9.17, 15) is 0 Å². The Labute approximate surface area is 244 Å². The summed E-state index contributed by atoms with van der Waals surface area (Å²) < 4.78 is 27.9. The monoisotopic (exact) mass is 556 g/mol. The number of rotatable bonds is 16. The Bertz CT molecular complexity index is 1310. The zero-order chi connectivity index (χ0) is 28.9. The lowest BCUT2D eigenvalue weighted by Crippen LogP contribution is -2.30. The van der Waals surface area contributed by atoms with Crippen LogP contribution in [0.25, 0.3) is 0 Å². The molecule has 7 nitrogen and oxygen atoms in total. The number of hydrogen-bond donors (Lipinski definition) is 0.